The van der Waals surface area contributed by atoms with Crippen molar-refractivity contribution in [1.82, 2.24) is 9.97 Å². The van der Waals surface area contributed by atoms with E-state index in [-0.39, 0.29) is 11.6 Å². The molecule has 0 atom stereocenters. The quantitative estimate of drug-likeness (QED) is 0.630. The van der Waals surface area contributed by atoms with Crippen molar-refractivity contribution in [2.45, 2.75) is 12.8 Å². The number of hydrogen-bond acceptors (Lipinski definition) is 5. The van der Waals surface area contributed by atoms with E-state index >= 15 is 0 Å². The van der Waals surface area contributed by atoms with Crippen LogP contribution in [-0.4, -0.2) is 9.97 Å². The summed E-state index contributed by atoms with van der Waals surface area (Å²) in [5.74, 6) is 5.71. The van der Waals surface area contributed by atoms with Crippen LogP contribution in [0.2, 0.25) is 0 Å². The third kappa shape index (κ3) is 2.76. The van der Waals surface area contributed by atoms with Crippen LogP contribution < -0.4 is 11.3 Å². The van der Waals surface area contributed by atoms with E-state index in [1.165, 1.54) is 12.3 Å². The number of hydrazine groups is 1. The number of alkyl halides is 2. The van der Waals surface area contributed by atoms with Gasteiger partial charge in [0.05, 0.1) is 12.0 Å². The Hall–Kier alpha value is -2.02. The van der Waals surface area contributed by atoms with Gasteiger partial charge in [-0.15, -0.1) is 0 Å². The molecule has 3 N–H and O–H groups in total. The molecule has 17 heavy (non-hydrogen) atoms. The minimum Gasteiger partial charge on any atom is -0.469 e. The van der Waals surface area contributed by atoms with Crippen LogP contribution in [0.1, 0.15) is 23.6 Å². The Morgan fingerprint density at radius 3 is 2.82 bits per heavy atom. The number of nitrogens with one attached hydrogen (secondary N) is 1. The van der Waals surface area contributed by atoms with Gasteiger partial charge in [-0.3, -0.25) is 5.43 Å². The Bertz CT molecular complexity index is 487. The highest BCUT2D eigenvalue weighted by molar-refractivity contribution is 5.28. The second-order valence-electron chi connectivity index (χ2n) is 3.31. The zero-order valence-corrected chi connectivity index (χ0v) is 8.73. The lowest BCUT2D eigenvalue weighted by Gasteiger charge is -2.05. The molecule has 0 aliphatic rings. The predicted molar refractivity (Wildman–Crippen MR) is 56.3 cm³/mol. The number of nitrogens with two attached hydrogens (primary N) is 1. The van der Waals surface area contributed by atoms with Gasteiger partial charge in [-0.2, -0.15) is 0 Å². The van der Waals surface area contributed by atoms with Crippen molar-refractivity contribution in [3.63, 3.8) is 0 Å². The van der Waals surface area contributed by atoms with Gasteiger partial charge in [-0.1, -0.05) is 0 Å². The van der Waals surface area contributed by atoms with Crippen LogP contribution in [0.5, 0.6) is 0 Å². The maximum Gasteiger partial charge on any atom is 0.280 e. The van der Waals surface area contributed by atoms with Crippen LogP contribution in [-0.2, 0) is 6.42 Å². The Balaban J connectivity index is 2.29. The lowest BCUT2D eigenvalue weighted by molar-refractivity contribution is 0.146. The van der Waals surface area contributed by atoms with Crippen molar-refractivity contribution in [1.29, 1.82) is 0 Å². The van der Waals surface area contributed by atoms with E-state index in [0.717, 1.165) is 0 Å². The number of nitrogen functional groups attached to an aromatic ring is 1. The standard InChI is InChI=1S/C10H10F2N4O/c11-9(12)8-5-6(14-10(15-8)16-13)4-7-2-1-3-17-7/h1-3,5,9H,4,13H2,(H,14,15,16). The van der Waals surface area contributed by atoms with Gasteiger partial charge in [-0.25, -0.2) is 24.6 Å². The van der Waals surface area contributed by atoms with Crippen LogP contribution in [0.3, 0.4) is 0 Å². The van der Waals surface area contributed by atoms with Crippen molar-refractivity contribution in [3.05, 3.63) is 41.6 Å². The highest BCUT2D eigenvalue weighted by Gasteiger charge is 2.13. The first kappa shape index (κ1) is 11.5. The first-order valence-corrected chi connectivity index (χ1v) is 4.84. The van der Waals surface area contributed by atoms with Gasteiger partial charge in [0.15, 0.2) is 0 Å². The number of anilines is 1. The molecule has 7 heteroatoms. The molecule has 0 aromatic carbocycles. The van der Waals surface area contributed by atoms with Gasteiger partial charge in [0.1, 0.15) is 11.5 Å². The highest BCUT2D eigenvalue weighted by atomic mass is 19.3. The minimum absolute atomic E-state index is 0.0376. The van der Waals surface area contributed by atoms with E-state index in [1.807, 2.05) is 0 Å². The molecule has 2 heterocycles. The Kier molecular flexibility index (Phi) is 3.29. The Labute approximate surface area is 95.6 Å². The third-order valence-electron chi connectivity index (χ3n) is 2.09. The molecular formula is C10H10F2N4O. The van der Waals surface area contributed by atoms with E-state index in [9.17, 15) is 8.78 Å². The number of rotatable bonds is 4. The summed E-state index contributed by atoms with van der Waals surface area (Å²) in [6, 6.07) is 4.68. The second kappa shape index (κ2) is 4.88. The molecule has 0 saturated heterocycles. The number of halogens is 2. The van der Waals surface area contributed by atoms with Crippen LogP contribution in [0.25, 0.3) is 0 Å². The molecule has 0 radical (unpaired) electrons. The van der Waals surface area contributed by atoms with E-state index in [4.69, 9.17) is 10.3 Å². The molecule has 2 aromatic heterocycles. The normalized spacial score (nSPS) is 10.8. The SMILES string of the molecule is NNc1nc(Cc2ccco2)cc(C(F)F)n1. The van der Waals surface area contributed by atoms with Crippen LogP contribution in [0.15, 0.2) is 28.9 Å². The number of aromatic nitrogens is 2. The largest absolute Gasteiger partial charge is 0.469 e. The van der Waals surface area contributed by atoms with E-state index in [2.05, 4.69) is 15.4 Å². The zero-order chi connectivity index (χ0) is 12.3. The first-order chi connectivity index (χ1) is 8.19. The molecule has 5 nitrogen and oxygen atoms in total. The van der Waals surface area contributed by atoms with Gasteiger partial charge in [-0.05, 0) is 18.2 Å². The topological polar surface area (TPSA) is 77.0 Å². The summed E-state index contributed by atoms with van der Waals surface area (Å²) in [4.78, 5) is 7.52. The van der Waals surface area contributed by atoms with Gasteiger partial charge in [0, 0.05) is 6.42 Å². The number of hydrogen-bond donors (Lipinski definition) is 2. The average molecular weight is 240 g/mol. The summed E-state index contributed by atoms with van der Waals surface area (Å²) in [6.07, 6.45) is -0.850. The van der Waals surface area contributed by atoms with Crippen LogP contribution in [0, 0.1) is 0 Å². The minimum atomic E-state index is -2.67. The Morgan fingerprint density at radius 2 is 2.24 bits per heavy atom. The van der Waals surface area contributed by atoms with Crippen LogP contribution in [0.4, 0.5) is 14.7 Å². The zero-order valence-electron chi connectivity index (χ0n) is 8.73. The van der Waals surface area contributed by atoms with Gasteiger partial charge in [0.25, 0.3) is 6.43 Å². The third-order valence-corrected chi connectivity index (χ3v) is 2.09. The van der Waals surface area contributed by atoms with Gasteiger partial charge in [0.2, 0.25) is 5.95 Å². The molecule has 0 unspecified atom stereocenters. The van der Waals surface area contributed by atoms with Crippen molar-refractivity contribution in [2.24, 2.45) is 5.84 Å². The maximum atomic E-state index is 12.6. The predicted octanol–water partition coefficient (Wildman–Crippen LogP) is 1.88. The molecule has 2 rings (SSSR count). The van der Waals surface area contributed by atoms with Crippen molar-refractivity contribution in [2.75, 3.05) is 5.43 Å². The summed E-state index contributed by atoms with van der Waals surface area (Å²) in [6.45, 7) is 0. The second-order valence-corrected chi connectivity index (χ2v) is 3.31. The molecule has 0 aliphatic carbocycles. The summed E-state index contributed by atoms with van der Waals surface area (Å²) in [5.41, 5.74) is 2.20. The molecule has 2 aromatic rings. The summed E-state index contributed by atoms with van der Waals surface area (Å²) in [7, 11) is 0. The smallest absolute Gasteiger partial charge is 0.280 e. The fraction of sp³-hybridized carbons (Fsp3) is 0.200. The lowest BCUT2D eigenvalue weighted by Crippen LogP contribution is -2.13. The van der Waals surface area contributed by atoms with Crippen molar-refractivity contribution >= 4 is 5.95 Å². The first-order valence-electron chi connectivity index (χ1n) is 4.84. The van der Waals surface area contributed by atoms with Crippen LogP contribution >= 0.6 is 0 Å². The van der Waals surface area contributed by atoms with E-state index < -0.39 is 6.43 Å². The molecule has 90 valence electrons. The summed E-state index contributed by atoms with van der Waals surface area (Å²) < 4.78 is 30.2. The molecular weight excluding hydrogens is 230 g/mol. The van der Waals surface area contributed by atoms with E-state index in [1.54, 1.807) is 12.1 Å². The molecule has 0 spiro atoms. The molecule has 0 saturated carbocycles. The fourth-order valence-corrected chi connectivity index (χ4v) is 1.38. The van der Waals surface area contributed by atoms with Crippen molar-refractivity contribution < 1.29 is 13.2 Å². The number of nitrogens with zero attached hydrogens (tertiary/aromatic N) is 2. The summed E-state index contributed by atoms with van der Waals surface area (Å²) >= 11 is 0. The lowest BCUT2D eigenvalue weighted by atomic mass is 10.2. The monoisotopic (exact) mass is 240 g/mol. The molecule has 0 bridgehead atoms. The molecule has 0 amide bonds. The van der Waals surface area contributed by atoms with Gasteiger partial charge < -0.3 is 4.42 Å². The highest BCUT2D eigenvalue weighted by Crippen LogP contribution is 2.19. The maximum absolute atomic E-state index is 12.6. The molecule has 0 aliphatic heterocycles. The van der Waals surface area contributed by atoms with Crippen molar-refractivity contribution in [3.8, 4) is 0 Å². The Morgan fingerprint density at radius 1 is 1.41 bits per heavy atom. The average Bonchev–Trinajstić information content (AvgIpc) is 2.81. The van der Waals surface area contributed by atoms with E-state index in [0.29, 0.717) is 17.9 Å². The number of furan rings is 1. The van der Waals surface area contributed by atoms with Gasteiger partial charge >= 0.3 is 0 Å². The fourth-order valence-electron chi connectivity index (χ4n) is 1.38. The molecule has 0 fully saturated rings. The summed E-state index contributed by atoms with van der Waals surface area (Å²) in [5, 5.41) is 0.